The summed E-state index contributed by atoms with van der Waals surface area (Å²) in [5.41, 5.74) is 2.91. The first-order valence-corrected chi connectivity index (χ1v) is 12.0. The van der Waals surface area contributed by atoms with Crippen molar-refractivity contribution in [1.29, 1.82) is 0 Å². The largest absolute Gasteiger partial charge is 0.493 e. The molecule has 35 heavy (non-hydrogen) atoms. The molecule has 1 N–H and O–H groups in total. The van der Waals surface area contributed by atoms with Crippen LogP contribution in [-0.4, -0.2) is 66.1 Å². The maximum atomic E-state index is 12.8. The van der Waals surface area contributed by atoms with Gasteiger partial charge in [0.05, 0.1) is 26.0 Å². The predicted octanol–water partition coefficient (Wildman–Crippen LogP) is 3.56. The molecular formula is C25H24N4O5S. The normalized spacial score (nSPS) is 13.6. The van der Waals surface area contributed by atoms with E-state index in [1.165, 1.54) is 7.11 Å². The van der Waals surface area contributed by atoms with Crippen LogP contribution in [0.5, 0.6) is 11.5 Å². The Morgan fingerprint density at radius 1 is 1.11 bits per heavy atom. The average molecular weight is 493 g/mol. The number of benzene rings is 2. The number of nitrogens with zero attached hydrogens (tertiary/aromatic N) is 3. The van der Waals surface area contributed by atoms with Crippen LogP contribution >= 0.6 is 11.3 Å². The van der Waals surface area contributed by atoms with Crippen LogP contribution in [-0.2, 0) is 9.53 Å². The Morgan fingerprint density at radius 2 is 1.91 bits per heavy atom. The Morgan fingerprint density at radius 3 is 2.66 bits per heavy atom. The second kappa shape index (κ2) is 10.2. The third kappa shape index (κ3) is 5.13. The lowest BCUT2D eigenvalue weighted by Gasteiger charge is -2.26. The number of nitrogens with one attached hydrogen (secondary N) is 1. The molecule has 3 heterocycles. The molecule has 0 radical (unpaired) electrons. The molecule has 0 spiro atoms. The van der Waals surface area contributed by atoms with E-state index in [-0.39, 0.29) is 18.4 Å². The summed E-state index contributed by atoms with van der Waals surface area (Å²) < 4.78 is 18.3. The summed E-state index contributed by atoms with van der Waals surface area (Å²) in [4.78, 5) is 32.4. The van der Waals surface area contributed by atoms with Gasteiger partial charge in [0.2, 0.25) is 0 Å². The third-order valence-corrected chi connectivity index (χ3v) is 6.44. The topological polar surface area (TPSA) is 94.4 Å². The molecule has 0 unspecified atom stereocenters. The Bertz CT molecular complexity index is 1310. The summed E-state index contributed by atoms with van der Waals surface area (Å²) in [6, 6.07) is 12.4. The zero-order valence-electron chi connectivity index (χ0n) is 19.1. The summed E-state index contributed by atoms with van der Waals surface area (Å²) in [5.74, 6) is 0.378. The van der Waals surface area contributed by atoms with Crippen molar-refractivity contribution in [2.75, 3.05) is 45.3 Å². The third-order valence-electron chi connectivity index (χ3n) is 5.67. The molecule has 1 aliphatic rings. The Balaban J connectivity index is 1.22. The number of anilines is 1. The number of carbonyl (C=O) groups excluding carboxylic acids is 2. The summed E-state index contributed by atoms with van der Waals surface area (Å²) in [7, 11) is 1.49. The lowest BCUT2D eigenvalue weighted by atomic mass is 10.1. The second-order valence-electron chi connectivity index (χ2n) is 7.90. The standard InChI is InChI=1S/C25H24N4O5S/c1-32-22-14-18(4-7-21(22)34-16-23(30)28-8-11-33-12-9-28)24(31)26-19-5-2-17(3-6-19)20-15-29-10-13-35-25(29)27-20/h2-7,10,13-15H,8-9,11-12,16H2,1H3,(H,26,31). The molecule has 9 nitrogen and oxygen atoms in total. The van der Waals surface area contributed by atoms with Gasteiger partial charge in [-0.1, -0.05) is 12.1 Å². The van der Waals surface area contributed by atoms with E-state index in [2.05, 4.69) is 10.3 Å². The minimum Gasteiger partial charge on any atom is -0.493 e. The van der Waals surface area contributed by atoms with Crippen LogP contribution < -0.4 is 14.8 Å². The minimum atomic E-state index is -0.283. The monoisotopic (exact) mass is 492 g/mol. The average Bonchev–Trinajstić information content (AvgIpc) is 3.51. The lowest BCUT2D eigenvalue weighted by Crippen LogP contribution is -2.43. The van der Waals surface area contributed by atoms with Gasteiger partial charge in [-0.25, -0.2) is 4.98 Å². The summed E-state index contributed by atoms with van der Waals surface area (Å²) in [6.45, 7) is 2.07. The molecule has 0 atom stereocenters. The number of imidazole rings is 1. The number of thiazole rings is 1. The molecular weight excluding hydrogens is 468 g/mol. The summed E-state index contributed by atoms with van der Waals surface area (Å²) in [6.07, 6.45) is 3.95. The van der Waals surface area contributed by atoms with Crippen LogP contribution in [0.4, 0.5) is 5.69 Å². The molecule has 0 aliphatic carbocycles. The second-order valence-corrected chi connectivity index (χ2v) is 8.77. The van der Waals surface area contributed by atoms with E-state index in [1.54, 1.807) is 34.4 Å². The summed E-state index contributed by atoms with van der Waals surface area (Å²) in [5, 5.41) is 4.88. The molecule has 0 saturated carbocycles. The van der Waals surface area contributed by atoms with Crippen LogP contribution in [0.1, 0.15) is 10.4 Å². The van der Waals surface area contributed by atoms with Crippen molar-refractivity contribution in [2.24, 2.45) is 0 Å². The van der Waals surface area contributed by atoms with Crippen LogP contribution in [0.3, 0.4) is 0 Å². The lowest BCUT2D eigenvalue weighted by molar-refractivity contribution is -0.137. The fraction of sp³-hybridized carbons (Fsp3) is 0.240. The van der Waals surface area contributed by atoms with E-state index in [0.29, 0.717) is 49.1 Å². The first-order valence-electron chi connectivity index (χ1n) is 11.1. The van der Waals surface area contributed by atoms with Gasteiger partial charge in [-0.15, -0.1) is 11.3 Å². The van der Waals surface area contributed by atoms with Gasteiger partial charge in [0, 0.05) is 47.7 Å². The number of hydrogen-bond acceptors (Lipinski definition) is 7. The number of amides is 2. The molecule has 1 fully saturated rings. The van der Waals surface area contributed by atoms with Gasteiger partial charge in [-0.2, -0.15) is 0 Å². The number of carbonyl (C=O) groups is 2. The molecule has 10 heteroatoms. The highest BCUT2D eigenvalue weighted by molar-refractivity contribution is 7.15. The van der Waals surface area contributed by atoms with E-state index in [0.717, 1.165) is 16.2 Å². The molecule has 1 saturated heterocycles. The van der Waals surface area contributed by atoms with E-state index in [9.17, 15) is 9.59 Å². The Labute approximate surface area is 205 Å². The van der Waals surface area contributed by atoms with Crippen LogP contribution in [0.2, 0.25) is 0 Å². The van der Waals surface area contributed by atoms with Gasteiger partial charge in [0.15, 0.2) is 23.1 Å². The van der Waals surface area contributed by atoms with E-state index >= 15 is 0 Å². The van der Waals surface area contributed by atoms with Gasteiger partial charge < -0.3 is 24.4 Å². The van der Waals surface area contributed by atoms with Crippen molar-refractivity contribution in [2.45, 2.75) is 0 Å². The summed E-state index contributed by atoms with van der Waals surface area (Å²) >= 11 is 1.58. The number of fused-ring (bicyclic) bond motifs is 1. The van der Waals surface area contributed by atoms with Gasteiger partial charge in [0.1, 0.15) is 0 Å². The molecule has 2 aromatic carbocycles. The smallest absolute Gasteiger partial charge is 0.260 e. The zero-order chi connectivity index (χ0) is 24.2. The molecule has 2 aromatic heterocycles. The van der Waals surface area contributed by atoms with Crippen molar-refractivity contribution in [3.63, 3.8) is 0 Å². The van der Waals surface area contributed by atoms with E-state index in [4.69, 9.17) is 14.2 Å². The fourth-order valence-electron chi connectivity index (χ4n) is 3.77. The minimum absolute atomic E-state index is 0.108. The Hall–Kier alpha value is -3.89. The maximum absolute atomic E-state index is 12.8. The number of rotatable bonds is 7. The van der Waals surface area contributed by atoms with Crippen molar-refractivity contribution in [3.05, 3.63) is 65.8 Å². The zero-order valence-corrected chi connectivity index (χ0v) is 19.9. The number of hydrogen-bond donors (Lipinski definition) is 1. The Kier molecular flexibility index (Phi) is 6.64. The van der Waals surface area contributed by atoms with Gasteiger partial charge >= 0.3 is 0 Å². The highest BCUT2D eigenvalue weighted by Crippen LogP contribution is 2.29. The fourth-order valence-corrected chi connectivity index (χ4v) is 4.47. The van der Waals surface area contributed by atoms with Crippen molar-refractivity contribution >= 4 is 33.8 Å². The number of morpholine rings is 1. The molecule has 0 bridgehead atoms. The van der Waals surface area contributed by atoms with Gasteiger partial charge in [0.25, 0.3) is 11.8 Å². The van der Waals surface area contributed by atoms with Gasteiger partial charge in [-0.05, 0) is 30.3 Å². The number of aromatic nitrogens is 2. The molecule has 5 rings (SSSR count). The maximum Gasteiger partial charge on any atom is 0.260 e. The van der Waals surface area contributed by atoms with Crippen molar-refractivity contribution < 1.29 is 23.8 Å². The SMILES string of the molecule is COc1cc(C(=O)Nc2ccc(-c3cn4ccsc4n3)cc2)ccc1OCC(=O)N1CCOCC1. The number of ether oxygens (including phenoxy) is 3. The van der Waals surface area contributed by atoms with Crippen LogP contribution in [0, 0.1) is 0 Å². The molecule has 1 aliphatic heterocycles. The molecule has 180 valence electrons. The first kappa shape index (κ1) is 22.9. The van der Waals surface area contributed by atoms with Crippen molar-refractivity contribution in [1.82, 2.24) is 14.3 Å². The number of methoxy groups -OCH3 is 1. The van der Waals surface area contributed by atoms with Crippen molar-refractivity contribution in [3.8, 4) is 22.8 Å². The molecule has 4 aromatic rings. The van der Waals surface area contributed by atoms with Gasteiger partial charge in [-0.3, -0.25) is 14.0 Å². The van der Waals surface area contributed by atoms with E-state index in [1.807, 2.05) is 46.4 Å². The van der Waals surface area contributed by atoms with Crippen LogP contribution in [0.25, 0.3) is 16.2 Å². The molecule has 2 amide bonds. The predicted molar refractivity (Wildman–Crippen MR) is 132 cm³/mol. The quantitative estimate of drug-likeness (QED) is 0.424. The first-order chi connectivity index (χ1) is 17.1. The highest BCUT2D eigenvalue weighted by Gasteiger charge is 2.19. The van der Waals surface area contributed by atoms with E-state index < -0.39 is 0 Å². The highest BCUT2D eigenvalue weighted by atomic mass is 32.1. The van der Waals surface area contributed by atoms with Crippen LogP contribution in [0.15, 0.2) is 60.2 Å².